The molecule has 134 valence electrons. The van der Waals surface area contributed by atoms with Crippen LogP contribution in [0.3, 0.4) is 0 Å². The van der Waals surface area contributed by atoms with Crippen LogP contribution < -0.4 is 11.1 Å². The van der Waals surface area contributed by atoms with Crippen molar-refractivity contribution in [3.8, 4) is 0 Å². The summed E-state index contributed by atoms with van der Waals surface area (Å²) in [4.78, 5) is 28.8. The van der Waals surface area contributed by atoms with Gasteiger partial charge in [-0.2, -0.15) is 0 Å². The number of nitrogens with one attached hydrogen (secondary N) is 1. The summed E-state index contributed by atoms with van der Waals surface area (Å²) in [6, 6.07) is 9.63. The maximum absolute atomic E-state index is 12.5. The minimum Gasteiger partial charge on any atom is -0.368 e. The normalized spacial score (nSPS) is 13.4. The fourth-order valence-electron chi connectivity index (χ4n) is 3.04. The number of nitrogens with two attached hydrogens (primary N) is 1. The topological polar surface area (TPSA) is 90.0 Å². The highest BCUT2D eigenvalue weighted by atomic mass is 16.2. The highest BCUT2D eigenvalue weighted by Gasteiger charge is 2.38. The molecule has 0 bridgehead atoms. The van der Waals surface area contributed by atoms with Gasteiger partial charge in [0.1, 0.15) is 5.54 Å². The molecule has 0 aliphatic rings. The molecule has 0 aliphatic heterocycles. The first-order valence-corrected chi connectivity index (χ1v) is 8.52. The summed E-state index contributed by atoms with van der Waals surface area (Å²) in [6.45, 7) is 4.54. The molecular formula is C19H26N4O2. The second-order valence-electron chi connectivity index (χ2n) is 6.81. The van der Waals surface area contributed by atoms with Crippen LogP contribution in [0, 0.1) is 5.92 Å². The highest BCUT2D eigenvalue weighted by Crippen LogP contribution is 2.22. The Hall–Kier alpha value is -2.63. The van der Waals surface area contributed by atoms with Crippen LogP contribution in [0.1, 0.15) is 32.3 Å². The van der Waals surface area contributed by atoms with E-state index >= 15 is 0 Å². The Balaban J connectivity index is 2.14. The maximum Gasteiger partial charge on any atom is 0.243 e. The van der Waals surface area contributed by atoms with Gasteiger partial charge in [0.05, 0.1) is 6.33 Å². The van der Waals surface area contributed by atoms with Gasteiger partial charge in [-0.25, -0.2) is 4.98 Å². The molecular weight excluding hydrogens is 316 g/mol. The molecule has 2 amide bonds. The number of nitrogens with zero attached hydrogens (tertiary/aromatic N) is 2. The van der Waals surface area contributed by atoms with E-state index in [2.05, 4.69) is 10.3 Å². The van der Waals surface area contributed by atoms with Gasteiger partial charge in [0, 0.05) is 31.8 Å². The SMILES string of the molecule is CC(C)C[C@](Cc1ccccc1)(NC(=O)CCn1ccnc1)C(N)=O. The third-order valence-electron chi connectivity index (χ3n) is 4.11. The van der Waals surface area contributed by atoms with Gasteiger partial charge < -0.3 is 15.6 Å². The number of carbonyl (C=O) groups is 2. The largest absolute Gasteiger partial charge is 0.368 e. The van der Waals surface area contributed by atoms with E-state index in [9.17, 15) is 9.59 Å². The molecule has 1 aromatic carbocycles. The van der Waals surface area contributed by atoms with Crippen molar-refractivity contribution in [1.29, 1.82) is 0 Å². The average Bonchev–Trinajstić information content (AvgIpc) is 3.06. The van der Waals surface area contributed by atoms with Crippen molar-refractivity contribution in [3.05, 3.63) is 54.6 Å². The molecule has 2 rings (SSSR count). The van der Waals surface area contributed by atoms with Crippen LogP contribution >= 0.6 is 0 Å². The average molecular weight is 342 g/mol. The van der Waals surface area contributed by atoms with Crippen LogP contribution in [-0.4, -0.2) is 26.9 Å². The van der Waals surface area contributed by atoms with Gasteiger partial charge in [-0.05, 0) is 17.9 Å². The smallest absolute Gasteiger partial charge is 0.243 e. The molecule has 1 aromatic heterocycles. The van der Waals surface area contributed by atoms with E-state index in [-0.39, 0.29) is 18.2 Å². The van der Waals surface area contributed by atoms with Crippen LogP contribution in [0.2, 0.25) is 0 Å². The molecule has 0 saturated carbocycles. The lowest BCUT2D eigenvalue weighted by Gasteiger charge is -2.33. The zero-order valence-electron chi connectivity index (χ0n) is 14.8. The Labute approximate surface area is 148 Å². The lowest BCUT2D eigenvalue weighted by molar-refractivity contribution is -0.132. The second-order valence-corrected chi connectivity index (χ2v) is 6.81. The third kappa shape index (κ3) is 5.45. The summed E-state index contributed by atoms with van der Waals surface area (Å²) in [5.74, 6) is -0.477. The molecule has 1 heterocycles. The number of amides is 2. The van der Waals surface area contributed by atoms with Gasteiger partial charge in [0.2, 0.25) is 11.8 Å². The molecule has 1 atom stereocenters. The summed E-state index contributed by atoms with van der Waals surface area (Å²) in [7, 11) is 0. The first-order chi connectivity index (χ1) is 11.9. The van der Waals surface area contributed by atoms with E-state index < -0.39 is 11.4 Å². The first-order valence-electron chi connectivity index (χ1n) is 8.52. The quantitative estimate of drug-likeness (QED) is 0.729. The Kier molecular flexibility index (Phi) is 6.33. The number of aromatic nitrogens is 2. The van der Waals surface area contributed by atoms with Crippen LogP contribution in [-0.2, 0) is 22.6 Å². The van der Waals surface area contributed by atoms with Crippen molar-refractivity contribution in [2.45, 2.75) is 45.2 Å². The fraction of sp³-hybridized carbons (Fsp3) is 0.421. The molecule has 6 heteroatoms. The molecule has 3 N–H and O–H groups in total. The summed E-state index contributed by atoms with van der Waals surface area (Å²) < 4.78 is 1.82. The predicted molar refractivity (Wildman–Crippen MR) is 96.5 cm³/mol. The summed E-state index contributed by atoms with van der Waals surface area (Å²) in [5, 5.41) is 2.93. The van der Waals surface area contributed by atoms with E-state index in [1.165, 1.54) is 0 Å². The molecule has 6 nitrogen and oxygen atoms in total. The molecule has 0 radical (unpaired) electrons. The Bertz CT molecular complexity index is 683. The predicted octanol–water partition coefficient (Wildman–Crippen LogP) is 1.90. The Morgan fingerprint density at radius 2 is 2.00 bits per heavy atom. The molecule has 25 heavy (non-hydrogen) atoms. The van der Waals surface area contributed by atoms with Gasteiger partial charge >= 0.3 is 0 Å². The zero-order valence-corrected chi connectivity index (χ0v) is 14.8. The molecule has 0 fully saturated rings. The number of rotatable bonds is 9. The monoisotopic (exact) mass is 342 g/mol. The number of hydrogen-bond donors (Lipinski definition) is 2. The van der Waals surface area contributed by atoms with Gasteiger partial charge in [-0.3, -0.25) is 9.59 Å². The van der Waals surface area contributed by atoms with E-state index in [4.69, 9.17) is 5.73 Å². The first kappa shape index (κ1) is 18.7. The number of carbonyl (C=O) groups excluding carboxylic acids is 2. The molecule has 0 saturated heterocycles. The third-order valence-corrected chi connectivity index (χ3v) is 4.11. The summed E-state index contributed by atoms with van der Waals surface area (Å²) in [6.07, 6.45) is 6.27. The van der Waals surface area contributed by atoms with E-state index in [0.29, 0.717) is 19.4 Å². The number of hydrogen-bond acceptors (Lipinski definition) is 3. The minimum atomic E-state index is -1.08. The van der Waals surface area contributed by atoms with E-state index in [1.807, 2.05) is 48.7 Å². The van der Waals surface area contributed by atoms with Gasteiger partial charge in [0.15, 0.2) is 0 Å². The lowest BCUT2D eigenvalue weighted by Crippen LogP contribution is -2.59. The van der Waals surface area contributed by atoms with Gasteiger partial charge in [0.25, 0.3) is 0 Å². The number of imidazole rings is 1. The Morgan fingerprint density at radius 1 is 1.28 bits per heavy atom. The zero-order chi connectivity index (χ0) is 18.3. The summed E-state index contributed by atoms with van der Waals surface area (Å²) in [5.41, 5.74) is 5.63. The lowest BCUT2D eigenvalue weighted by atomic mass is 9.82. The van der Waals surface area contributed by atoms with Crippen molar-refractivity contribution in [1.82, 2.24) is 14.9 Å². The Morgan fingerprint density at radius 3 is 2.56 bits per heavy atom. The van der Waals surface area contributed by atoms with Crippen molar-refractivity contribution < 1.29 is 9.59 Å². The van der Waals surface area contributed by atoms with Crippen LogP contribution in [0.4, 0.5) is 0 Å². The molecule has 0 unspecified atom stereocenters. The minimum absolute atomic E-state index is 0.191. The van der Waals surface area contributed by atoms with Crippen LogP contribution in [0.5, 0.6) is 0 Å². The standard InChI is InChI=1S/C19H26N4O2/c1-15(2)12-19(18(20)25,13-16-6-4-3-5-7-16)22-17(24)8-10-23-11-9-21-14-23/h3-7,9,11,14-15H,8,10,12-13H2,1-2H3,(H2,20,25)(H,22,24)/t19-/m1/s1. The highest BCUT2D eigenvalue weighted by molar-refractivity contribution is 5.90. The summed E-state index contributed by atoms with van der Waals surface area (Å²) >= 11 is 0. The van der Waals surface area contributed by atoms with Gasteiger partial charge in [-0.15, -0.1) is 0 Å². The number of benzene rings is 1. The van der Waals surface area contributed by atoms with Crippen LogP contribution in [0.25, 0.3) is 0 Å². The van der Waals surface area contributed by atoms with Crippen LogP contribution in [0.15, 0.2) is 49.1 Å². The van der Waals surface area contributed by atoms with Crippen molar-refractivity contribution in [2.75, 3.05) is 0 Å². The van der Waals surface area contributed by atoms with Gasteiger partial charge in [-0.1, -0.05) is 44.2 Å². The number of aryl methyl sites for hydroxylation is 1. The molecule has 0 spiro atoms. The van der Waals surface area contributed by atoms with E-state index in [1.54, 1.807) is 18.7 Å². The van der Waals surface area contributed by atoms with Crippen molar-refractivity contribution in [3.63, 3.8) is 0 Å². The molecule has 2 aromatic rings. The maximum atomic E-state index is 12.5. The number of primary amides is 1. The second kappa shape index (κ2) is 8.46. The van der Waals surface area contributed by atoms with Crippen molar-refractivity contribution in [2.24, 2.45) is 11.7 Å². The van der Waals surface area contributed by atoms with E-state index in [0.717, 1.165) is 5.56 Å². The van der Waals surface area contributed by atoms with Crippen molar-refractivity contribution >= 4 is 11.8 Å². The fourth-order valence-corrected chi connectivity index (χ4v) is 3.04. The molecule has 0 aliphatic carbocycles.